The topological polar surface area (TPSA) is 103 Å². The van der Waals surface area contributed by atoms with Gasteiger partial charge in [-0.05, 0) is 48.7 Å². The van der Waals surface area contributed by atoms with Crippen molar-refractivity contribution < 1.29 is 40.3 Å². The molecule has 2 aromatic carbocycles. The standard InChI is InChI=1S/C26H21F6N5O3/c1-36(20-7-4-16(11-33)8-19(20)27)13-21(39)37(12-15-2-5-18(6-3-15)26(30,31)32)25(14-38)9-17(10-25)23-34-35-24(40-23)22(28)29/h2-8,14,17,22H,9-10,12-13H2,1H3. The van der Waals surface area contributed by atoms with Crippen molar-refractivity contribution in [3.05, 3.63) is 76.8 Å². The van der Waals surface area contributed by atoms with Crippen LogP contribution < -0.4 is 4.90 Å². The molecule has 14 heteroatoms. The van der Waals surface area contributed by atoms with Gasteiger partial charge in [0.1, 0.15) is 17.6 Å². The van der Waals surface area contributed by atoms with Crippen LogP contribution in [0.15, 0.2) is 46.9 Å². The number of nitriles is 1. The molecule has 3 aromatic rings. The Hall–Kier alpha value is -4.41. The van der Waals surface area contributed by atoms with Gasteiger partial charge in [-0.1, -0.05) is 12.1 Å². The normalized spacial score (nSPS) is 18.6. The summed E-state index contributed by atoms with van der Waals surface area (Å²) in [5.41, 5.74) is -2.00. The third-order valence-electron chi connectivity index (χ3n) is 6.73. The summed E-state index contributed by atoms with van der Waals surface area (Å²) in [4.78, 5) is 28.3. The largest absolute Gasteiger partial charge is 0.419 e. The number of anilines is 1. The van der Waals surface area contributed by atoms with Crippen molar-refractivity contribution in [3.8, 4) is 6.07 Å². The lowest BCUT2D eigenvalue weighted by atomic mass is 9.67. The molecular weight excluding hydrogens is 544 g/mol. The van der Waals surface area contributed by atoms with E-state index < -0.39 is 53.8 Å². The highest BCUT2D eigenvalue weighted by atomic mass is 19.4. The van der Waals surface area contributed by atoms with Gasteiger partial charge in [0.25, 0.3) is 5.89 Å². The highest BCUT2D eigenvalue weighted by molar-refractivity contribution is 5.86. The molecule has 210 valence electrons. The zero-order valence-corrected chi connectivity index (χ0v) is 20.8. The van der Waals surface area contributed by atoms with Crippen LogP contribution in [0.25, 0.3) is 0 Å². The van der Waals surface area contributed by atoms with Gasteiger partial charge in [0, 0.05) is 19.5 Å². The van der Waals surface area contributed by atoms with Crippen molar-refractivity contribution in [1.29, 1.82) is 5.26 Å². The summed E-state index contributed by atoms with van der Waals surface area (Å²) < 4.78 is 84.4. The molecule has 1 heterocycles. The van der Waals surface area contributed by atoms with E-state index in [4.69, 9.17) is 9.68 Å². The lowest BCUT2D eigenvalue weighted by molar-refractivity contribution is -0.148. The number of amides is 1. The molecular formula is C26H21F6N5O3. The number of carbonyl (C=O) groups excluding carboxylic acids is 2. The van der Waals surface area contributed by atoms with Crippen LogP contribution in [0.2, 0.25) is 0 Å². The summed E-state index contributed by atoms with van der Waals surface area (Å²) in [7, 11) is 1.42. The second-order valence-electron chi connectivity index (χ2n) is 9.41. The average molecular weight is 565 g/mol. The molecule has 0 saturated heterocycles. The second-order valence-corrected chi connectivity index (χ2v) is 9.41. The molecule has 0 unspecified atom stereocenters. The van der Waals surface area contributed by atoms with Gasteiger partial charge in [-0.25, -0.2) is 4.39 Å². The average Bonchev–Trinajstić information content (AvgIpc) is 3.37. The molecule has 1 aliphatic rings. The Kier molecular flexibility index (Phi) is 7.86. The van der Waals surface area contributed by atoms with E-state index in [0.717, 1.165) is 18.2 Å². The van der Waals surface area contributed by atoms with Gasteiger partial charge in [-0.2, -0.15) is 27.2 Å². The molecule has 0 radical (unpaired) electrons. The van der Waals surface area contributed by atoms with Gasteiger partial charge >= 0.3 is 12.6 Å². The Morgan fingerprint density at radius 1 is 1.20 bits per heavy atom. The predicted octanol–water partition coefficient (Wildman–Crippen LogP) is 5.02. The number of halogens is 6. The van der Waals surface area contributed by atoms with Crippen LogP contribution >= 0.6 is 0 Å². The van der Waals surface area contributed by atoms with Crippen LogP contribution in [0.5, 0.6) is 0 Å². The van der Waals surface area contributed by atoms with Crippen molar-refractivity contribution in [2.75, 3.05) is 18.5 Å². The SMILES string of the molecule is CN(CC(=O)N(Cc1ccc(C(F)(F)F)cc1)C1(C=O)CC(c2nnc(C(F)F)o2)C1)c1ccc(C#N)cc1F. The number of likely N-dealkylation sites (N-methyl/N-ethyl adjacent to an activating group) is 1. The van der Waals surface area contributed by atoms with E-state index in [9.17, 15) is 35.9 Å². The quantitative estimate of drug-likeness (QED) is 0.265. The van der Waals surface area contributed by atoms with E-state index >= 15 is 0 Å². The first kappa shape index (κ1) is 28.6. The molecule has 4 rings (SSSR count). The van der Waals surface area contributed by atoms with Crippen molar-refractivity contribution >= 4 is 17.9 Å². The Balaban J connectivity index is 1.60. The van der Waals surface area contributed by atoms with E-state index in [2.05, 4.69) is 10.2 Å². The molecule has 1 amide bonds. The van der Waals surface area contributed by atoms with Gasteiger partial charge < -0.3 is 19.0 Å². The van der Waals surface area contributed by atoms with Gasteiger partial charge in [0.2, 0.25) is 11.8 Å². The van der Waals surface area contributed by atoms with Crippen molar-refractivity contribution in [2.24, 2.45) is 0 Å². The van der Waals surface area contributed by atoms with E-state index in [-0.39, 0.29) is 42.1 Å². The maximum Gasteiger partial charge on any atom is 0.416 e. The number of benzene rings is 2. The van der Waals surface area contributed by atoms with E-state index in [1.807, 2.05) is 0 Å². The van der Waals surface area contributed by atoms with Gasteiger partial charge in [-0.3, -0.25) is 4.79 Å². The maximum atomic E-state index is 14.6. The molecule has 0 spiro atoms. The molecule has 1 fully saturated rings. The lowest BCUT2D eigenvalue weighted by Gasteiger charge is -2.50. The van der Waals surface area contributed by atoms with Gasteiger partial charge in [0.15, 0.2) is 0 Å². The van der Waals surface area contributed by atoms with Crippen LogP contribution in [-0.4, -0.2) is 46.4 Å². The Labute approximate surface area is 223 Å². The summed E-state index contributed by atoms with van der Waals surface area (Å²) in [6.45, 7) is -0.696. The van der Waals surface area contributed by atoms with Gasteiger partial charge in [0.05, 0.1) is 29.4 Å². The van der Waals surface area contributed by atoms with Crippen molar-refractivity contribution in [2.45, 2.75) is 43.4 Å². The fourth-order valence-electron chi connectivity index (χ4n) is 4.58. The monoisotopic (exact) mass is 565 g/mol. The highest BCUT2D eigenvalue weighted by Gasteiger charge is 2.53. The number of alkyl halides is 5. The molecule has 1 aliphatic carbocycles. The third kappa shape index (κ3) is 5.78. The molecule has 0 aliphatic heterocycles. The van der Waals surface area contributed by atoms with Crippen LogP contribution in [-0.2, 0) is 22.3 Å². The molecule has 1 aromatic heterocycles. The minimum absolute atomic E-state index is 0.00106. The Morgan fingerprint density at radius 2 is 1.88 bits per heavy atom. The molecule has 40 heavy (non-hydrogen) atoms. The number of aldehydes is 1. The molecule has 0 N–H and O–H groups in total. The molecule has 0 bridgehead atoms. The van der Waals surface area contributed by atoms with E-state index in [0.29, 0.717) is 6.29 Å². The second kappa shape index (κ2) is 11.0. The van der Waals surface area contributed by atoms with Crippen LogP contribution in [0.3, 0.4) is 0 Å². The van der Waals surface area contributed by atoms with Crippen molar-refractivity contribution in [1.82, 2.24) is 15.1 Å². The summed E-state index contributed by atoms with van der Waals surface area (Å²) in [5, 5.41) is 15.8. The first-order valence-corrected chi connectivity index (χ1v) is 11.8. The minimum Gasteiger partial charge on any atom is -0.419 e. The zero-order chi connectivity index (χ0) is 29.2. The maximum absolute atomic E-state index is 14.6. The number of carbonyl (C=O) groups is 2. The fraction of sp³-hybridized carbons (Fsp3) is 0.346. The number of hydrogen-bond donors (Lipinski definition) is 0. The number of nitrogens with zero attached hydrogens (tertiary/aromatic N) is 5. The van der Waals surface area contributed by atoms with Crippen LogP contribution in [0.1, 0.15) is 53.7 Å². The number of hydrogen-bond acceptors (Lipinski definition) is 7. The molecule has 8 nitrogen and oxygen atoms in total. The minimum atomic E-state index is -4.58. The Morgan fingerprint density at radius 3 is 2.40 bits per heavy atom. The van der Waals surface area contributed by atoms with Crippen molar-refractivity contribution in [3.63, 3.8) is 0 Å². The smallest absolute Gasteiger partial charge is 0.416 e. The van der Waals surface area contributed by atoms with Crippen LogP contribution in [0, 0.1) is 17.1 Å². The van der Waals surface area contributed by atoms with Crippen LogP contribution in [0.4, 0.5) is 32.0 Å². The number of aromatic nitrogens is 2. The van der Waals surface area contributed by atoms with E-state index in [1.54, 1.807) is 6.07 Å². The summed E-state index contributed by atoms with van der Waals surface area (Å²) in [6, 6.07) is 9.51. The fourth-order valence-corrected chi connectivity index (χ4v) is 4.58. The van der Waals surface area contributed by atoms with E-state index in [1.165, 1.54) is 41.1 Å². The summed E-state index contributed by atoms with van der Waals surface area (Å²) >= 11 is 0. The first-order valence-electron chi connectivity index (χ1n) is 11.8. The number of rotatable bonds is 9. The zero-order valence-electron chi connectivity index (χ0n) is 20.8. The highest BCUT2D eigenvalue weighted by Crippen LogP contribution is 2.48. The first-order chi connectivity index (χ1) is 18.9. The summed E-state index contributed by atoms with van der Waals surface area (Å²) in [5.74, 6) is -3.06. The lowest BCUT2D eigenvalue weighted by Crippen LogP contribution is -2.61. The predicted molar refractivity (Wildman–Crippen MR) is 126 cm³/mol. The Bertz CT molecular complexity index is 1430. The van der Waals surface area contributed by atoms with Gasteiger partial charge in [-0.15, -0.1) is 10.2 Å². The third-order valence-corrected chi connectivity index (χ3v) is 6.73. The summed E-state index contributed by atoms with van der Waals surface area (Å²) in [6.07, 6.45) is -7.19. The molecule has 0 atom stereocenters. The molecule has 1 saturated carbocycles.